The number of hydrogen-bond acceptors (Lipinski definition) is 3. The van der Waals surface area contributed by atoms with Crippen LogP contribution in [0, 0.1) is 23.7 Å². The monoisotopic (exact) mass is 283 g/mol. The van der Waals surface area contributed by atoms with Gasteiger partial charge in [0, 0.05) is 11.8 Å². The van der Waals surface area contributed by atoms with E-state index in [0.29, 0.717) is 11.8 Å². The number of carbonyl (C=O) groups is 2. The summed E-state index contributed by atoms with van der Waals surface area (Å²) in [7, 11) is 0. The second kappa shape index (κ2) is 5.99. The predicted octanol–water partition coefficient (Wildman–Crippen LogP) is 1.77. The molecule has 0 saturated heterocycles. The van der Waals surface area contributed by atoms with Gasteiger partial charge in [0.15, 0.2) is 0 Å². The Hall–Kier alpha value is -0.970. The van der Waals surface area contributed by atoms with Crippen LogP contribution in [0.5, 0.6) is 0 Å². The highest BCUT2D eigenvalue weighted by Crippen LogP contribution is 2.48. The Morgan fingerprint density at radius 1 is 1.37 bits per heavy atom. The summed E-state index contributed by atoms with van der Waals surface area (Å²) in [5, 5.41) is 12.7. The van der Waals surface area contributed by atoms with Gasteiger partial charge in [0.1, 0.15) is 0 Å². The summed E-state index contributed by atoms with van der Waals surface area (Å²) in [5.41, 5.74) is 0. The number of nitrogens with one attached hydrogen (secondary N) is 1. The second-order valence-corrected chi connectivity index (χ2v) is 6.74. The maximum Gasteiger partial charge on any atom is 0.307 e. The predicted molar refractivity (Wildman–Crippen MR) is 76.0 cm³/mol. The molecule has 0 spiro atoms. The smallest absolute Gasteiger partial charge is 0.307 e. The molecule has 5 unspecified atom stereocenters. The van der Waals surface area contributed by atoms with E-state index in [1.165, 1.54) is 0 Å². The first-order chi connectivity index (χ1) is 9.04. The van der Waals surface area contributed by atoms with E-state index in [4.69, 9.17) is 0 Å². The largest absolute Gasteiger partial charge is 0.481 e. The third kappa shape index (κ3) is 2.96. The summed E-state index contributed by atoms with van der Waals surface area (Å²) in [5.74, 6) is -1.68. The third-order valence-corrected chi connectivity index (χ3v) is 5.34. The first-order valence-electron chi connectivity index (χ1n) is 6.76. The highest BCUT2D eigenvalue weighted by molar-refractivity contribution is 7.99. The van der Waals surface area contributed by atoms with Crippen molar-refractivity contribution >= 4 is 23.6 Å². The molecule has 0 aromatic carbocycles. The van der Waals surface area contributed by atoms with Crippen molar-refractivity contribution in [2.45, 2.75) is 25.0 Å². The number of carbonyl (C=O) groups excluding carboxylic acids is 1. The Balaban J connectivity index is 1.91. The van der Waals surface area contributed by atoms with Crippen molar-refractivity contribution in [3.05, 3.63) is 12.2 Å². The number of fused-ring (bicyclic) bond motifs is 2. The van der Waals surface area contributed by atoms with E-state index in [1.54, 1.807) is 11.8 Å². The lowest BCUT2D eigenvalue weighted by Crippen LogP contribution is -2.40. The molecule has 1 fully saturated rings. The molecule has 0 aromatic heterocycles. The SMILES string of the molecule is CSC(C)CCNC(=O)C1C2C=CC(C2)C1C(=O)O. The molecule has 2 aliphatic carbocycles. The molecule has 5 atom stereocenters. The maximum atomic E-state index is 12.2. The number of amides is 1. The van der Waals surface area contributed by atoms with Gasteiger partial charge in [-0.15, -0.1) is 0 Å². The van der Waals surface area contributed by atoms with Gasteiger partial charge in [-0.25, -0.2) is 0 Å². The minimum atomic E-state index is -0.838. The molecule has 2 bridgehead atoms. The fraction of sp³-hybridized carbons (Fsp3) is 0.714. The molecule has 0 aliphatic heterocycles. The van der Waals surface area contributed by atoms with E-state index in [0.717, 1.165) is 12.8 Å². The summed E-state index contributed by atoms with van der Waals surface area (Å²) in [6.07, 6.45) is 7.76. The van der Waals surface area contributed by atoms with Gasteiger partial charge in [0.2, 0.25) is 5.91 Å². The van der Waals surface area contributed by atoms with E-state index in [1.807, 2.05) is 18.4 Å². The molecular formula is C14H21NO3S. The Bertz CT molecular complexity index is 396. The Kier molecular flexibility index (Phi) is 4.55. The maximum absolute atomic E-state index is 12.2. The molecule has 2 aliphatic rings. The summed E-state index contributed by atoms with van der Waals surface area (Å²) < 4.78 is 0. The van der Waals surface area contributed by atoms with Gasteiger partial charge in [-0.3, -0.25) is 9.59 Å². The van der Waals surface area contributed by atoms with Gasteiger partial charge >= 0.3 is 5.97 Å². The lowest BCUT2D eigenvalue weighted by Gasteiger charge is -2.24. The van der Waals surface area contributed by atoms with Gasteiger partial charge in [0.25, 0.3) is 0 Å². The lowest BCUT2D eigenvalue weighted by molar-refractivity contribution is -0.147. The van der Waals surface area contributed by atoms with Gasteiger partial charge in [-0.2, -0.15) is 11.8 Å². The lowest BCUT2D eigenvalue weighted by atomic mass is 9.82. The number of thioether (sulfide) groups is 1. The Morgan fingerprint density at radius 3 is 2.58 bits per heavy atom. The topological polar surface area (TPSA) is 66.4 Å². The average molecular weight is 283 g/mol. The summed E-state index contributed by atoms with van der Waals surface area (Å²) in [4.78, 5) is 23.5. The number of aliphatic carboxylic acids is 1. The minimum absolute atomic E-state index is 0.0448. The van der Waals surface area contributed by atoms with Crippen LogP contribution < -0.4 is 5.32 Å². The zero-order valence-electron chi connectivity index (χ0n) is 11.3. The van der Waals surface area contributed by atoms with Gasteiger partial charge < -0.3 is 10.4 Å². The molecule has 1 amide bonds. The van der Waals surface area contributed by atoms with Gasteiger partial charge in [-0.05, 0) is 30.9 Å². The highest BCUT2D eigenvalue weighted by Gasteiger charge is 2.51. The van der Waals surface area contributed by atoms with Crippen molar-refractivity contribution in [1.29, 1.82) is 0 Å². The number of allylic oxidation sites excluding steroid dienone is 2. The van der Waals surface area contributed by atoms with E-state index in [9.17, 15) is 14.7 Å². The molecule has 0 radical (unpaired) electrons. The molecule has 5 heteroatoms. The molecule has 2 N–H and O–H groups in total. The van der Waals surface area contributed by atoms with Crippen molar-refractivity contribution in [3.8, 4) is 0 Å². The van der Waals surface area contributed by atoms with Crippen LogP contribution in [0.15, 0.2) is 12.2 Å². The van der Waals surface area contributed by atoms with Crippen LogP contribution in [0.4, 0.5) is 0 Å². The zero-order chi connectivity index (χ0) is 14.0. The quantitative estimate of drug-likeness (QED) is 0.729. The molecule has 4 nitrogen and oxygen atoms in total. The molecule has 0 aromatic rings. The number of rotatable bonds is 6. The highest BCUT2D eigenvalue weighted by atomic mass is 32.2. The standard InChI is InChI=1S/C14H21NO3S/c1-8(19-2)5-6-15-13(16)11-9-3-4-10(7-9)12(11)14(17)18/h3-4,8-12H,5-7H2,1-2H3,(H,15,16)(H,17,18). The first kappa shape index (κ1) is 14.4. The third-order valence-electron chi connectivity index (χ3n) is 4.30. The van der Waals surface area contributed by atoms with Crippen molar-refractivity contribution in [3.63, 3.8) is 0 Å². The fourth-order valence-electron chi connectivity index (χ4n) is 3.15. The Labute approximate surface area is 118 Å². The minimum Gasteiger partial charge on any atom is -0.481 e. The second-order valence-electron chi connectivity index (χ2n) is 5.46. The Morgan fingerprint density at radius 2 is 2.00 bits per heavy atom. The molecule has 106 valence electrons. The first-order valence-corrected chi connectivity index (χ1v) is 8.05. The molecule has 0 heterocycles. The van der Waals surface area contributed by atoms with Crippen LogP contribution in [0.1, 0.15) is 19.8 Å². The molecule has 1 saturated carbocycles. The van der Waals surface area contributed by atoms with E-state index in [-0.39, 0.29) is 23.7 Å². The van der Waals surface area contributed by atoms with Crippen molar-refractivity contribution in [1.82, 2.24) is 5.32 Å². The number of carboxylic acids is 1. The van der Waals surface area contributed by atoms with Crippen LogP contribution in [0.2, 0.25) is 0 Å². The number of hydrogen-bond donors (Lipinski definition) is 2. The zero-order valence-corrected chi connectivity index (χ0v) is 12.2. The van der Waals surface area contributed by atoms with Crippen molar-refractivity contribution in [2.75, 3.05) is 12.8 Å². The summed E-state index contributed by atoms with van der Waals surface area (Å²) in [6.45, 7) is 2.75. The normalized spacial score (nSPS) is 33.4. The van der Waals surface area contributed by atoms with E-state index < -0.39 is 11.9 Å². The van der Waals surface area contributed by atoms with Crippen LogP contribution in [-0.4, -0.2) is 35.0 Å². The fourth-order valence-corrected chi connectivity index (χ4v) is 3.50. The van der Waals surface area contributed by atoms with E-state index in [2.05, 4.69) is 12.2 Å². The summed E-state index contributed by atoms with van der Waals surface area (Å²) in [6, 6.07) is 0. The summed E-state index contributed by atoms with van der Waals surface area (Å²) >= 11 is 1.77. The number of carboxylic acid groups (broad SMARTS) is 1. The molecular weight excluding hydrogens is 262 g/mol. The van der Waals surface area contributed by atoms with E-state index >= 15 is 0 Å². The van der Waals surface area contributed by atoms with Crippen LogP contribution in [0.3, 0.4) is 0 Å². The molecule has 2 rings (SSSR count). The molecule has 19 heavy (non-hydrogen) atoms. The van der Waals surface area contributed by atoms with Gasteiger partial charge in [0.05, 0.1) is 11.8 Å². The van der Waals surface area contributed by atoms with Crippen molar-refractivity contribution < 1.29 is 14.7 Å². The average Bonchev–Trinajstić information content (AvgIpc) is 2.98. The van der Waals surface area contributed by atoms with Crippen molar-refractivity contribution in [2.24, 2.45) is 23.7 Å². The van der Waals surface area contributed by atoms with Crippen LogP contribution >= 0.6 is 11.8 Å². The van der Waals surface area contributed by atoms with Gasteiger partial charge in [-0.1, -0.05) is 19.1 Å². The van der Waals surface area contributed by atoms with Crippen LogP contribution in [0.25, 0.3) is 0 Å². The van der Waals surface area contributed by atoms with Crippen LogP contribution in [-0.2, 0) is 9.59 Å².